The van der Waals surface area contributed by atoms with E-state index in [9.17, 15) is 14.0 Å². The summed E-state index contributed by atoms with van der Waals surface area (Å²) in [5.41, 5.74) is 3.21. The fraction of sp³-hybridized carbons (Fsp3) is 0.273. The van der Waals surface area contributed by atoms with E-state index >= 15 is 0 Å². The van der Waals surface area contributed by atoms with Crippen molar-refractivity contribution in [1.82, 2.24) is 0 Å². The molecule has 1 unspecified atom stereocenters. The number of benzene rings is 2. The normalized spacial score (nSPS) is 19.9. The number of nitrogens with zero attached hydrogens (tertiary/aromatic N) is 1. The minimum atomic E-state index is -0.566. The van der Waals surface area contributed by atoms with Crippen LogP contribution in [0.2, 0.25) is 5.02 Å². The summed E-state index contributed by atoms with van der Waals surface area (Å²) in [6.07, 6.45) is 1.74. The van der Waals surface area contributed by atoms with Crippen LogP contribution in [0.25, 0.3) is 0 Å². The molecule has 2 aromatic rings. The molecule has 28 heavy (non-hydrogen) atoms. The summed E-state index contributed by atoms with van der Waals surface area (Å²) < 4.78 is 15.3. The van der Waals surface area contributed by atoms with E-state index in [1.54, 1.807) is 29.2 Å². The fourth-order valence-corrected chi connectivity index (χ4v) is 4.69. The second-order valence-electron chi connectivity index (χ2n) is 7.22. The van der Waals surface area contributed by atoms with Gasteiger partial charge in [-0.1, -0.05) is 33.6 Å². The highest BCUT2D eigenvalue weighted by molar-refractivity contribution is 9.10. The van der Waals surface area contributed by atoms with Crippen molar-refractivity contribution < 1.29 is 14.0 Å². The van der Waals surface area contributed by atoms with E-state index in [2.05, 4.69) is 15.9 Å². The van der Waals surface area contributed by atoms with Gasteiger partial charge < -0.3 is 0 Å². The van der Waals surface area contributed by atoms with Gasteiger partial charge >= 0.3 is 0 Å². The van der Waals surface area contributed by atoms with Crippen LogP contribution in [0.15, 0.2) is 52.1 Å². The molecule has 0 saturated heterocycles. The zero-order chi connectivity index (χ0) is 20.0. The van der Waals surface area contributed by atoms with Gasteiger partial charge in [0.05, 0.1) is 5.69 Å². The number of carbonyl (C=O) groups is 2. The number of rotatable bonds is 2. The molecule has 0 aromatic heterocycles. The third kappa shape index (κ3) is 3.31. The highest BCUT2D eigenvalue weighted by atomic mass is 79.9. The smallest absolute Gasteiger partial charge is 0.232 e. The molecule has 0 fully saturated rings. The van der Waals surface area contributed by atoms with Gasteiger partial charge in [0.15, 0.2) is 5.78 Å². The summed E-state index contributed by atoms with van der Waals surface area (Å²) in [6, 6.07) is 10.0. The molecular formula is C22H18BrClFNO2. The molecule has 2 aromatic carbocycles. The number of amides is 1. The van der Waals surface area contributed by atoms with Crippen molar-refractivity contribution in [2.45, 2.75) is 38.5 Å². The first-order valence-electron chi connectivity index (χ1n) is 9.17. The highest BCUT2D eigenvalue weighted by Gasteiger charge is 2.41. The Kier molecular flexibility index (Phi) is 5.15. The summed E-state index contributed by atoms with van der Waals surface area (Å²) in [6.45, 7) is 1.91. The van der Waals surface area contributed by atoms with Crippen LogP contribution in [-0.2, 0) is 9.59 Å². The average molecular weight is 463 g/mol. The Balaban J connectivity index is 1.92. The quantitative estimate of drug-likeness (QED) is 0.542. The van der Waals surface area contributed by atoms with Crippen molar-refractivity contribution >= 4 is 44.9 Å². The van der Waals surface area contributed by atoms with E-state index in [1.165, 1.54) is 6.07 Å². The third-order valence-electron chi connectivity index (χ3n) is 5.42. The second-order valence-corrected chi connectivity index (χ2v) is 8.57. The number of hydrogen-bond acceptors (Lipinski definition) is 2. The molecule has 1 aliphatic carbocycles. The lowest BCUT2D eigenvalue weighted by Gasteiger charge is -2.39. The number of hydrogen-bond donors (Lipinski definition) is 0. The van der Waals surface area contributed by atoms with Crippen LogP contribution in [0.4, 0.5) is 10.1 Å². The molecule has 6 heteroatoms. The number of ketones is 1. The van der Waals surface area contributed by atoms with E-state index in [0.29, 0.717) is 46.8 Å². The van der Waals surface area contributed by atoms with Crippen molar-refractivity contribution in [1.29, 1.82) is 0 Å². The van der Waals surface area contributed by atoms with E-state index in [1.807, 2.05) is 13.0 Å². The van der Waals surface area contributed by atoms with Gasteiger partial charge in [-0.15, -0.1) is 0 Å². The molecule has 1 atom stereocenters. The monoisotopic (exact) mass is 461 g/mol. The van der Waals surface area contributed by atoms with Crippen LogP contribution in [0.3, 0.4) is 0 Å². The number of aryl methyl sites for hydroxylation is 1. The van der Waals surface area contributed by atoms with Crippen molar-refractivity contribution in [2.75, 3.05) is 4.90 Å². The van der Waals surface area contributed by atoms with E-state index in [0.717, 1.165) is 10.0 Å². The standard InChI is InChI=1S/C22H18BrClFNO2/c1-12-5-7-14(24)10-19(12)26-18-3-2-4-20(27)22(18)16(11-21(26)28)15-9-13(23)6-8-17(15)25/h5-10,16H,2-4,11H2,1H3. The molecule has 4 rings (SSSR count). The van der Waals surface area contributed by atoms with E-state index in [4.69, 9.17) is 11.6 Å². The summed E-state index contributed by atoms with van der Waals surface area (Å²) in [7, 11) is 0. The Labute approximate surface area is 176 Å². The van der Waals surface area contributed by atoms with Gasteiger partial charge in [-0.2, -0.15) is 0 Å². The van der Waals surface area contributed by atoms with Crippen molar-refractivity contribution in [3.63, 3.8) is 0 Å². The molecule has 144 valence electrons. The zero-order valence-electron chi connectivity index (χ0n) is 15.3. The molecule has 1 heterocycles. The van der Waals surface area contributed by atoms with Gasteiger partial charge in [-0.3, -0.25) is 14.5 Å². The van der Waals surface area contributed by atoms with Crippen LogP contribution in [0.1, 0.15) is 42.7 Å². The van der Waals surface area contributed by atoms with Crippen molar-refractivity contribution in [2.24, 2.45) is 0 Å². The molecule has 3 nitrogen and oxygen atoms in total. The molecule has 0 radical (unpaired) electrons. The fourth-order valence-electron chi connectivity index (χ4n) is 4.14. The first-order chi connectivity index (χ1) is 13.4. The Morgan fingerprint density at radius 1 is 1.14 bits per heavy atom. The molecule has 1 aliphatic heterocycles. The SMILES string of the molecule is Cc1ccc(Cl)cc1N1C(=O)CC(c2cc(Br)ccc2F)C2=C1CCCC2=O. The molecule has 0 N–H and O–H groups in total. The maximum absolute atomic E-state index is 14.6. The number of allylic oxidation sites excluding steroid dienone is 2. The molecular weight excluding hydrogens is 445 g/mol. The Hall–Kier alpha value is -1.98. The number of anilines is 1. The molecule has 0 saturated carbocycles. The lowest BCUT2D eigenvalue weighted by Crippen LogP contribution is -2.41. The van der Waals surface area contributed by atoms with Crippen molar-refractivity contribution in [3.05, 3.63) is 74.1 Å². The van der Waals surface area contributed by atoms with Gasteiger partial charge in [-0.05, 0) is 61.2 Å². The largest absolute Gasteiger partial charge is 0.294 e. The van der Waals surface area contributed by atoms with Gasteiger partial charge in [0.25, 0.3) is 0 Å². The average Bonchev–Trinajstić information content (AvgIpc) is 2.65. The Bertz CT molecular complexity index is 1030. The third-order valence-corrected chi connectivity index (χ3v) is 6.15. The van der Waals surface area contributed by atoms with Gasteiger partial charge in [0, 0.05) is 39.5 Å². The molecule has 0 spiro atoms. The minimum Gasteiger partial charge on any atom is -0.294 e. The number of carbonyl (C=O) groups excluding carboxylic acids is 2. The zero-order valence-corrected chi connectivity index (χ0v) is 17.6. The second kappa shape index (κ2) is 7.45. The van der Waals surface area contributed by atoms with Crippen LogP contribution < -0.4 is 4.90 Å². The Morgan fingerprint density at radius 2 is 1.93 bits per heavy atom. The van der Waals surface area contributed by atoms with Gasteiger partial charge in [-0.25, -0.2) is 4.39 Å². The first-order valence-corrected chi connectivity index (χ1v) is 10.3. The van der Waals surface area contributed by atoms with Crippen LogP contribution in [0.5, 0.6) is 0 Å². The van der Waals surface area contributed by atoms with Crippen LogP contribution in [-0.4, -0.2) is 11.7 Å². The van der Waals surface area contributed by atoms with Gasteiger partial charge in [0.2, 0.25) is 5.91 Å². The number of halogens is 3. The summed E-state index contributed by atoms with van der Waals surface area (Å²) in [5, 5.41) is 0.526. The predicted octanol–water partition coefficient (Wildman–Crippen LogP) is 6.08. The van der Waals surface area contributed by atoms with Crippen molar-refractivity contribution in [3.8, 4) is 0 Å². The lowest BCUT2D eigenvalue weighted by atomic mass is 9.77. The minimum absolute atomic E-state index is 0.0113. The lowest BCUT2D eigenvalue weighted by molar-refractivity contribution is -0.119. The van der Waals surface area contributed by atoms with E-state index in [-0.39, 0.29) is 18.1 Å². The van der Waals surface area contributed by atoms with Gasteiger partial charge in [0.1, 0.15) is 5.82 Å². The molecule has 0 bridgehead atoms. The Morgan fingerprint density at radius 3 is 2.71 bits per heavy atom. The maximum atomic E-state index is 14.6. The summed E-state index contributed by atoms with van der Waals surface area (Å²) in [4.78, 5) is 27.7. The van der Waals surface area contributed by atoms with E-state index < -0.39 is 11.7 Å². The summed E-state index contributed by atoms with van der Waals surface area (Å²) in [5.74, 6) is -1.13. The number of Topliss-reactive ketones (excluding diaryl/α,β-unsaturated/α-hetero) is 1. The topological polar surface area (TPSA) is 37.4 Å². The van der Waals surface area contributed by atoms with Crippen LogP contribution >= 0.6 is 27.5 Å². The predicted molar refractivity (Wildman–Crippen MR) is 111 cm³/mol. The first kappa shape index (κ1) is 19.3. The molecule has 2 aliphatic rings. The molecule has 1 amide bonds. The maximum Gasteiger partial charge on any atom is 0.232 e. The highest BCUT2D eigenvalue weighted by Crippen LogP contribution is 2.45. The summed E-state index contributed by atoms with van der Waals surface area (Å²) >= 11 is 9.54. The van der Waals surface area contributed by atoms with Crippen LogP contribution in [0, 0.1) is 12.7 Å².